The van der Waals surface area contributed by atoms with Crippen molar-refractivity contribution in [2.45, 2.75) is 40.5 Å². The normalized spacial score (nSPS) is 14.9. The molecule has 0 aliphatic heterocycles. The number of rotatable bonds is 5. The lowest BCUT2D eigenvalue weighted by atomic mass is 9.95. The van der Waals surface area contributed by atoms with E-state index in [4.69, 9.17) is 0 Å². The molecule has 0 nitrogen and oxygen atoms in total. The highest BCUT2D eigenvalue weighted by molar-refractivity contribution is 5.26. The van der Waals surface area contributed by atoms with E-state index in [-0.39, 0.29) is 0 Å². The van der Waals surface area contributed by atoms with Crippen molar-refractivity contribution >= 4 is 0 Å². The van der Waals surface area contributed by atoms with Gasteiger partial charge in [0.2, 0.25) is 0 Å². The van der Waals surface area contributed by atoms with Crippen LogP contribution in [-0.2, 0) is 0 Å². The van der Waals surface area contributed by atoms with E-state index in [0.717, 1.165) is 5.57 Å². The highest BCUT2D eigenvalue weighted by atomic mass is 14.1. The summed E-state index contributed by atoms with van der Waals surface area (Å²) < 4.78 is 0. The molecule has 0 aromatic heterocycles. The molecule has 0 aromatic rings. The first kappa shape index (κ1) is 12.2. The molecule has 0 radical (unpaired) electrons. The molecule has 0 heterocycles. The van der Waals surface area contributed by atoms with Gasteiger partial charge >= 0.3 is 0 Å². The maximum atomic E-state index is 3.85. The molecule has 13 heavy (non-hydrogen) atoms. The SMILES string of the molecule is C=C(C)/C=C\C(=C/C)C(C)CCC. The molecular weight excluding hydrogens is 156 g/mol. The van der Waals surface area contributed by atoms with Crippen LogP contribution in [0.25, 0.3) is 0 Å². The van der Waals surface area contributed by atoms with Crippen molar-refractivity contribution in [1.82, 2.24) is 0 Å². The molecule has 0 aliphatic rings. The molecule has 0 aromatic carbocycles. The van der Waals surface area contributed by atoms with E-state index in [2.05, 4.69) is 45.6 Å². The minimum absolute atomic E-state index is 0.672. The standard InChI is InChI=1S/C13H22/c1-6-8-12(5)13(7-2)10-9-11(3)4/h7,9-10,12H,3,6,8H2,1-2,4-5H3/b10-9-,13-7+. The van der Waals surface area contributed by atoms with E-state index in [1.807, 2.05) is 6.92 Å². The molecular formula is C13H22. The van der Waals surface area contributed by atoms with Gasteiger partial charge in [-0.3, -0.25) is 0 Å². The van der Waals surface area contributed by atoms with Gasteiger partial charge in [0.05, 0.1) is 0 Å². The Kier molecular flexibility index (Phi) is 6.30. The van der Waals surface area contributed by atoms with Gasteiger partial charge in [-0.1, -0.05) is 50.6 Å². The zero-order valence-corrected chi connectivity index (χ0v) is 9.43. The largest absolute Gasteiger partial charge is 0.0961 e. The zero-order chi connectivity index (χ0) is 10.3. The van der Waals surface area contributed by atoms with E-state index < -0.39 is 0 Å². The molecule has 0 heteroatoms. The second kappa shape index (κ2) is 6.71. The van der Waals surface area contributed by atoms with Crippen molar-refractivity contribution in [1.29, 1.82) is 0 Å². The van der Waals surface area contributed by atoms with Gasteiger partial charge in [-0.25, -0.2) is 0 Å². The summed E-state index contributed by atoms with van der Waals surface area (Å²) in [5, 5.41) is 0. The highest BCUT2D eigenvalue weighted by Crippen LogP contribution is 2.17. The van der Waals surface area contributed by atoms with E-state index in [0.29, 0.717) is 5.92 Å². The number of allylic oxidation sites excluding steroid dienone is 5. The van der Waals surface area contributed by atoms with Crippen LogP contribution in [0.1, 0.15) is 40.5 Å². The first-order chi connectivity index (χ1) is 6.11. The Balaban J connectivity index is 4.27. The molecule has 0 N–H and O–H groups in total. The van der Waals surface area contributed by atoms with E-state index in [1.54, 1.807) is 0 Å². The number of hydrogen-bond donors (Lipinski definition) is 0. The summed E-state index contributed by atoms with van der Waals surface area (Å²) in [4.78, 5) is 0. The summed E-state index contributed by atoms with van der Waals surface area (Å²) in [5.41, 5.74) is 2.54. The second-order valence-electron chi connectivity index (χ2n) is 3.66. The van der Waals surface area contributed by atoms with Crippen molar-refractivity contribution < 1.29 is 0 Å². The van der Waals surface area contributed by atoms with E-state index in [1.165, 1.54) is 18.4 Å². The first-order valence-electron chi connectivity index (χ1n) is 5.11. The minimum Gasteiger partial charge on any atom is -0.0961 e. The summed E-state index contributed by atoms with van der Waals surface area (Å²) >= 11 is 0. The van der Waals surface area contributed by atoms with Crippen molar-refractivity contribution in [2.24, 2.45) is 5.92 Å². The molecule has 1 atom stereocenters. The Hall–Kier alpha value is -0.780. The van der Waals surface area contributed by atoms with Gasteiger partial charge < -0.3 is 0 Å². The predicted octanol–water partition coefficient (Wildman–Crippen LogP) is 4.50. The molecule has 74 valence electrons. The van der Waals surface area contributed by atoms with Crippen LogP contribution in [0.3, 0.4) is 0 Å². The maximum Gasteiger partial charge on any atom is -0.0194 e. The molecule has 0 amide bonds. The van der Waals surface area contributed by atoms with Gasteiger partial charge in [0.1, 0.15) is 0 Å². The van der Waals surface area contributed by atoms with Gasteiger partial charge in [-0.05, 0) is 31.8 Å². The fraction of sp³-hybridized carbons (Fsp3) is 0.538. The lowest BCUT2D eigenvalue weighted by Crippen LogP contribution is -1.96. The molecule has 1 unspecified atom stereocenters. The van der Waals surface area contributed by atoms with Crippen LogP contribution in [0.2, 0.25) is 0 Å². The Morgan fingerprint density at radius 1 is 1.38 bits per heavy atom. The molecule has 0 fully saturated rings. The molecule has 0 aliphatic carbocycles. The zero-order valence-electron chi connectivity index (χ0n) is 9.43. The third-order valence-corrected chi connectivity index (χ3v) is 2.18. The summed E-state index contributed by atoms with van der Waals surface area (Å²) in [6.45, 7) is 12.5. The van der Waals surface area contributed by atoms with Crippen molar-refractivity contribution in [2.75, 3.05) is 0 Å². The highest BCUT2D eigenvalue weighted by Gasteiger charge is 2.02. The smallest absolute Gasteiger partial charge is 0.0194 e. The molecule has 0 spiro atoms. The molecule has 0 saturated carbocycles. The monoisotopic (exact) mass is 178 g/mol. The Morgan fingerprint density at radius 2 is 2.00 bits per heavy atom. The lowest BCUT2D eigenvalue weighted by molar-refractivity contribution is 0.612. The van der Waals surface area contributed by atoms with Crippen LogP contribution in [-0.4, -0.2) is 0 Å². The van der Waals surface area contributed by atoms with Crippen LogP contribution < -0.4 is 0 Å². The first-order valence-corrected chi connectivity index (χ1v) is 5.11. The number of hydrogen-bond acceptors (Lipinski definition) is 0. The van der Waals surface area contributed by atoms with Crippen LogP contribution in [0, 0.1) is 5.92 Å². The molecule has 0 saturated heterocycles. The van der Waals surface area contributed by atoms with Crippen molar-refractivity contribution in [3.05, 3.63) is 36.0 Å². The minimum atomic E-state index is 0.672. The van der Waals surface area contributed by atoms with Crippen molar-refractivity contribution in [3.63, 3.8) is 0 Å². The van der Waals surface area contributed by atoms with Gasteiger partial charge in [0.25, 0.3) is 0 Å². The molecule has 0 bridgehead atoms. The second-order valence-corrected chi connectivity index (χ2v) is 3.66. The molecule has 0 rings (SSSR count). The Bertz CT molecular complexity index is 206. The van der Waals surface area contributed by atoms with Crippen LogP contribution in [0.4, 0.5) is 0 Å². The van der Waals surface area contributed by atoms with Crippen LogP contribution in [0.15, 0.2) is 36.0 Å². The summed E-state index contributed by atoms with van der Waals surface area (Å²) in [6.07, 6.45) is 8.98. The fourth-order valence-electron chi connectivity index (χ4n) is 1.38. The van der Waals surface area contributed by atoms with E-state index >= 15 is 0 Å². The quantitative estimate of drug-likeness (QED) is 0.544. The van der Waals surface area contributed by atoms with Crippen LogP contribution >= 0.6 is 0 Å². The van der Waals surface area contributed by atoms with E-state index in [9.17, 15) is 0 Å². The maximum absolute atomic E-state index is 3.85. The van der Waals surface area contributed by atoms with Gasteiger partial charge in [-0.2, -0.15) is 0 Å². The third kappa shape index (κ3) is 5.46. The Labute approximate surface area is 83.0 Å². The fourth-order valence-corrected chi connectivity index (χ4v) is 1.38. The average molecular weight is 178 g/mol. The average Bonchev–Trinajstić information content (AvgIpc) is 2.05. The predicted molar refractivity (Wildman–Crippen MR) is 61.8 cm³/mol. The van der Waals surface area contributed by atoms with Crippen LogP contribution in [0.5, 0.6) is 0 Å². The van der Waals surface area contributed by atoms with Crippen molar-refractivity contribution in [3.8, 4) is 0 Å². The Morgan fingerprint density at radius 3 is 2.38 bits per heavy atom. The van der Waals surface area contributed by atoms with Gasteiger partial charge in [0.15, 0.2) is 0 Å². The topological polar surface area (TPSA) is 0 Å². The lowest BCUT2D eigenvalue weighted by Gasteiger charge is -2.10. The summed E-state index contributed by atoms with van der Waals surface area (Å²) in [5.74, 6) is 0.672. The van der Waals surface area contributed by atoms with Gasteiger partial charge in [-0.15, -0.1) is 0 Å². The third-order valence-electron chi connectivity index (χ3n) is 2.18. The van der Waals surface area contributed by atoms with Gasteiger partial charge in [0, 0.05) is 0 Å². The summed E-state index contributed by atoms with van der Waals surface area (Å²) in [7, 11) is 0. The summed E-state index contributed by atoms with van der Waals surface area (Å²) in [6, 6.07) is 0.